The van der Waals surface area contributed by atoms with Gasteiger partial charge in [-0.05, 0) is 68.7 Å². The second-order valence-electron chi connectivity index (χ2n) is 7.62. The van der Waals surface area contributed by atoms with Crippen LogP contribution in [0.3, 0.4) is 0 Å². The quantitative estimate of drug-likeness (QED) is 0.592. The topological polar surface area (TPSA) is 74.4 Å². The van der Waals surface area contributed by atoms with Gasteiger partial charge in [-0.1, -0.05) is 0 Å². The average Bonchev–Trinajstić information content (AvgIpc) is 3.08. The molecule has 0 unspecified atom stereocenters. The fraction of sp³-hybridized carbons (Fsp3) is 0.304. The molecule has 6 nitrogen and oxygen atoms in total. The largest absolute Gasteiger partial charge is 0.461 e. The van der Waals surface area contributed by atoms with Gasteiger partial charge in [-0.25, -0.2) is 13.6 Å². The Morgan fingerprint density at radius 3 is 2.71 bits per heavy atom. The molecule has 0 saturated heterocycles. The highest BCUT2D eigenvalue weighted by Gasteiger charge is 2.27. The van der Waals surface area contributed by atoms with Gasteiger partial charge in [0.2, 0.25) is 5.91 Å². The van der Waals surface area contributed by atoms with Crippen molar-refractivity contribution in [2.75, 3.05) is 23.4 Å². The Bertz CT molecular complexity index is 1160. The van der Waals surface area contributed by atoms with Crippen molar-refractivity contribution in [3.8, 4) is 0 Å². The number of carbonyl (C=O) groups is 2. The van der Waals surface area contributed by atoms with E-state index >= 15 is 0 Å². The fourth-order valence-electron chi connectivity index (χ4n) is 4.02. The van der Waals surface area contributed by atoms with Crippen LogP contribution in [0.5, 0.6) is 0 Å². The summed E-state index contributed by atoms with van der Waals surface area (Å²) < 4.78 is 32.5. The summed E-state index contributed by atoms with van der Waals surface area (Å²) in [4.78, 5) is 30.2. The van der Waals surface area contributed by atoms with Crippen molar-refractivity contribution >= 4 is 34.2 Å². The predicted octanol–water partition coefficient (Wildman–Crippen LogP) is 4.40. The molecule has 1 aromatic heterocycles. The first kappa shape index (κ1) is 20.8. The van der Waals surface area contributed by atoms with Gasteiger partial charge in [0, 0.05) is 22.6 Å². The molecule has 162 valence electrons. The molecule has 0 aliphatic carbocycles. The molecule has 0 radical (unpaired) electrons. The van der Waals surface area contributed by atoms with Crippen LogP contribution >= 0.6 is 0 Å². The number of halogens is 2. The summed E-state index contributed by atoms with van der Waals surface area (Å²) in [6.45, 7) is 3.85. The van der Waals surface area contributed by atoms with Crippen LogP contribution in [0.1, 0.15) is 36.3 Å². The summed E-state index contributed by atoms with van der Waals surface area (Å²) in [7, 11) is 0. The minimum absolute atomic E-state index is 0.00402. The molecule has 3 aromatic rings. The number of aromatic nitrogens is 1. The second-order valence-corrected chi connectivity index (χ2v) is 7.62. The molecule has 2 heterocycles. The molecule has 2 N–H and O–H groups in total. The number of ether oxygens (including phenoxy) is 1. The number of benzene rings is 2. The van der Waals surface area contributed by atoms with Gasteiger partial charge in [-0.15, -0.1) is 0 Å². The van der Waals surface area contributed by atoms with Gasteiger partial charge in [-0.2, -0.15) is 0 Å². The highest BCUT2D eigenvalue weighted by atomic mass is 19.1. The van der Waals surface area contributed by atoms with Gasteiger partial charge in [0.05, 0.1) is 18.8 Å². The van der Waals surface area contributed by atoms with Crippen LogP contribution in [0.15, 0.2) is 36.4 Å². The summed E-state index contributed by atoms with van der Waals surface area (Å²) in [6, 6.07) is 8.65. The third-order valence-corrected chi connectivity index (χ3v) is 5.53. The number of nitrogens with one attached hydrogen (secondary N) is 2. The molecule has 1 aliphatic heterocycles. The molecule has 8 heteroatoms. The van der Waals surface area contributed by atoms with Gasteiger partial charge in [0.25, 0.3) is 0 Å². The zero-order chi connectivity index (χ0) is 22.1. The van der Waals surface area contributed by atoms with E-state index in [9.17, 15) is 18.4 Å². The molecule has 1 aliphatic rings. The second kappa shape index (κ2) is 8.37. The van der Waals surface area contributed by atoms with Gasteiger partial charge < -0.3 is 19.9 Å². The number of hydrogen-bond donors (Lipinski definition) is 2. The lowest BCUT2D eigenvalue weighted by Gasteiger charge is -2.36. The average molecular weight is 427 g/mol. The van der Waals surface area contributed by atoms with Crippen molar-refractivity contribution in [2.24, 2.45) is 0 Å². The standard InChI is InChI=1S/C23H23F2N3O3/c1-3-31-23(30)22-21(17-11-16(25)6-8-18(17)26-22)27-20(29)12-28-13(2)4-5-14-10-15(24)7-9-19(14)28/h6-11,13,26H,3-5,12H2,1-2H3,(H,27,29)/t13-/m1/s1. The van der Waals surface area contributed by atoms with Gasteiger partial charge in [0.15, 0.2) is 0 Å². The molecule has 31 heavy (non-hydrogen) atoms. The van der Waals surface area contributed by atoms with Crippen molar-refractivity contribution in [1.29, 1.82) is 0 Å². The number of aryl methyl sites for hydroxylation is 1. The molecular formula is C23H23F2N3O3. The number of amides is 1. The number of carbonyl (C=O) groups excluding carboxylic acids is 2. The van der Waals surface area contributed by atoms with E-state index in [0.29, 0.717) is 10.9 Å². The number of aromatic amines is 1. The zero-order valence-corrected chi connectivity index (χ0v) is 17.3. The van der Waals surface area contributed by atoms with Gasteiger partial charge in [-0.3, -0.25) is 4.79 Å². The Morgan fingerprint density at radius 2 is 1.94 bits per heavy atom. The van der Waals surface area contributed by atoms with Gasteiger partial charge in [0.1, 0.15) is 17.3 Å². The van der Waals surface area contributed by atoms with E-state index in [1.165, 1.54) is 30.3 Å². The fourth-order valence-corrected chi connectivity index (χ4v) is 4.02. The summed E-state index contributed by atoms with van der Waals surface area (Å²) in [6.07, 6.45) is 1.53. The molecule has 4 rings (SSSR count). The summed E-state index contributed by atoms with van der Waals surface area (Å²) in [5.41, 5.74) is 2.41. The van der Waals surface area contributed by atoms with E-state index < -0.39 is 11.8 Å². The number of nitrogens with zero attached hydrogens (tertiary/aromatic N) is 1. The molecule has 0 spiro atoms. The lowest BCUT2D eigenvalue weighted by Crippen LogP contribution is -2.42. The lowest BCUT2D eigenvalue weighted by molar-refractivity contribution is -0.115. The maximum Gasteiger partial charge on any atom is 0.356 e. The van der Waals surface area contributed by atoms with E-state index in [4.69, 9.17) is 4.74 Å². The molecule has 2 aromatic carbocycles. The van der Waals surface area contributed by atoms with Crippen molar-refractivity contribution in [2.45, 2.75) is 32.7 Å². The van der Waals surface area contributed by atoms with Crippen LogP contribution in [-0.4, -0.2) is 36.1 Å². The number of hydrogen-bond acceptors (Lipinski definition) is 4. The number of fused-ring (bicyclic) bond motifs is 2. The monoisotopic (exact) mass is 427 g/mol. The van der Waals surface area contributed by atoms with Crippen molar-refractivity contribution in [3.63, 3.8) is 0 Å². The third kappa shape index (κ3) is 4.10. The van der Waals surface area contributed by atoms with Crippen LogP contribution in [-0.2, 0) is 16.0 Å². The number of esters is 1. The van der Waals surface area contributed by atoms with Gasteiger partial charge >= 0.3 is 5.97 Å². The first-order chi connectivity index (χ1) is 14.9. The molecule has 1 atom stereocenters. The van der Waals surface area contributed by atoms with Crippen LogP contribution < -0.4 is 10.2 Å². The van der Waals surface area contributed by atoms with E-state index in [-0.39, 0.29) is 42.3 Å². The Kier molecular flexibility index (Phi) is 5.63. The molecule has 1 amide bonds. The van der Waals surface area contributed by atoms with Crippen LogP contribution in [0, 0.1) is 11.6 Å². The lowest BCUT2D eigenvalue weighted by atomic mass is 9.96. The summed E-state index contributed by atoms with van der Waals surface area (Å²) in [5.74, 6) is -1.81. The van der Waals surface area contributed by atoms with Crippen molar-refractivity contribution in [3.05, 3.63) is 59.3 Å². The van der Waals surface area contributed by atoms with Crippen LogP contribution in [0.4, 0.5) is 20.2 Å². The first-order valence-electron chi connectivity index (χ1n) is 10.2. The Morgan fingerprint density at radius 1 is 1.19 bits per heavy atom. The Balaban J connectivity index is 1.64. The van der Waals surface area contributed by atoms with E-state index in [1.807, 2.05) is 11.8 Å². The maximum atomic E-state index is 13.9. The summed E-state index contributed by atoms with van der Waals surface area (Å²) in [5, 5.41) is 3.14. The van der Waals surface area contributed by atoms with Crippen molar-refractivity contribution < 1.29 is 23.1 Å². The third-order valence-electron chi connectivity index (χ3n) is 5.53. The molecule has 0 bridgehead atoms. The van der Waals surface area contributed by atoms with Crippen LogP contribution in [0.25, 0.3) is 10.9 Å². The minimum Gasteiger partial charge on any atom is -0.461 e. The molecule has 0 saturated carbocycles. The highest BCUT2D eigenvalue weighted by Crippen LogP contribution is 2.32. The maximum absolute atomic E-state index is 13.9. The number of rotatable bonds is 5. The van der Waals surface area contributed by atoms with E-state index in [0.717, 1.165) is 24.1 Å². The SMILES string of the molecule is CCOC(=O)c1[nH]c2ccc(F)cc2c1NC(=O)CN1c2ccc(F)cc2CC[C@H]1C. The Labute approximate surface area is 178 Å². The first-order valence-corrected chi connectivity index (χ1v) is 10.2. The minimum atomic E-state index is -0.637. The van der Waals surface area contributed by atoms with Crippen molar-refractivity contribution in [1.82, 2.24) is 4.98 Å². The molecule has 0 fully saturated rings. The smallest absolute Gasteiger partial charge is 0.356 e. The molecular weight excluding hydrogens is 404 g/mol. The summed E-state index contributed by atoms with van der Waals surface area (Å²) >= 11 is 0. The van der Waals surface area contributed by atoms with E-state index in [2.05, 4.69) is 10.3 Å². The number of H-pyrrole nitrogens is 1. The Hall–Kier alpha value is -3.42. The normalized spacial score (nSPS) is 15.6. The number of anilines is 2. The van der Waals surface area contributed by atoms with Crippen LogP contribution in [0.2, 0.25) is 0 Å². The highest BCUT2D eigenvalue weighted by molar-refractivity contribution is 6.11. The predicted molar refractivity (Wildman–Crippen MR) is 114 cm³/mol. The zero-order valence-electron chi connectivity index (χ0n) is 17.3. The van der Waals surface area contributed by atoms with E-state index in [1.54, 1.807) is 13.0 Å².